The van der Waals surface area contributed by atoms with Gasteiger partial charge in [0, 0.05) is 24.4 Å². The Kier molecular flexibility index (Phi) is 3.25. The number of carbonyl (C=O) groups excluding carboxylic acids is 1. The van der Waals surface area contributed by atoms with E-state index in [1.165, 1.54) is 0 Å². The van der Waals surface area contributed by atoms with Gasteiger partial charge in [0.15, 0.2) is 0 Å². The molecule has 1 aromatic carbocycles. The number of aromatic nitrogens is 3. The lowest BCUT2D eigenvalue weighted by atomic mass is 9.86. The molecule has 0 N–H and O–H groups in total. The van der Waals surface area contributed by atoms with Gasteiger partial charge in [-0.05, 0) is 50.6 Å². The lowest BCUT2D eigenvalue weighted by molar-refractivity contribution is -0.121. The van der Waals surface area contributed by atoms with Crippen molar-refractivity contribution in [1.29, 1.82) is 0 Å². The van der Waals surface area contributed by atoms with Crippen molar-refractivity contribution in [2.45, 2.75) is 33.1 Å². The van der Waals surface area contributed by atoms with Crippen LogP contribution in [0.1, 0.15) is 31.0 Å². The summed E-state index contributed by atoms with van der Waals surface area (Å²) in [5, 5.41) is 7.96. The summed E-state index contributed by atoms with van der Waals surface area (Å²) in [5.74, 6) is 0.990. The van der Waals surface area contributed by atoms with Gasteiger partial charge >= 0.3 is 0 Å². The minimum absolute atomic E-state index is 0.0342. The van der Waals surface area contributed by atoms with Gasteiger partial charge in [-0.25, -0.2) is 0 Å². The zero-order chi connectivity index (χ0) is 17.8. The molecular weight excluding hydrogens is 316 g/mol. The molecule has 0 bridgehead atoms. The smallest absolute Gasteiger partial charge is 0.247 e. The van der Waals surface area contributed by atoms with Crippen LogP contribution in [0.2, 0.25) is 0 Å². The van der Waals surface area contributed by atoms with Crippen molar-refractivity contribution < 1.29 is 9.21 Å². The first-order valence-electron chi connectivity index (χ1n) is 8.10. The number of anilines is 2. The second kappa shape index (κ2) is 5.24. The predicted molar refractivity (Wildman–Crippen MR) is 93.6 cm³/mol. The number of nitrogens with zero attached hydrogens (tertiary/aromatic N) is 4. The highest BCUT2D eigenvalue weighted by Gasteiger charge is 2.44. The van der Waals surface area contributed by atoms with E-state index in [-0.39, 0.29) is 5.91 Å². The first-order valence-corrected chi connectivity index (χ1v) is 8.10. The van der Waals surface area contributed by atoms with Gasteiger partial charge in [-0.3, -0.25) is 14.7 Å². The quantitative estimate of drug-likeness (QED) is 0.714. The van der Waals surface area contributed by atoms with Gasteiger partial charge in [0.25, 0.3) is 0 Å². The van der Waals surface area contributed by atoms with Gasteiger partial charge in [0.2, 0.25) is 17.7 Å². The molecule has 0 fully saturated rings. The molecule has 3 heterocycles. The van der Waals surface area contributed by atoms with E-state index < -0.39 is 5.41 Å². The molecule has 0 spiro atoms. The number of hydrogen-bond acceptors (Lipinski definition) is 5. The highest BCUT2D eigenvalue weighted by Crippen LogP contribution is 2.46. The second-order valence-corrected chi connectivity index (χ2v) is 6.78. The molecule has 0 aliphatic carbocycles. The lowest BCUT2D eigenvalue weighted by Crippen LogP contribution is -2.33. The molecule has 0 saturated carbocycles. The minimum Gasteiger partial charge on any atom is -0.421 e. The number of aryl methyl sites for hydroxylation is 2. The fourth-order valence-electron chi connectivity index (χ4n) is 3.22. The Morgan fingerprint density at radius 3 is 2.56 bits per heavy atom. The number of rotatable bonds is 2. The Hall–Kier alpha value is -3.02. The largest absolute Gasteiger partial charge is 0.421 e. The summed E-state index contributed by atoms with van der Waals surface area (Å²) in [4.78, 5) is 19.1. The zero-order valence-electron chi connectivity index (χ0n) is 14.6. The summed E-state index contributed by atoms with van der Waals surface area (Å²) in [6.07, 6.45) is 1.72. The lowest BCUT2D eigenvalue weighted by Gasteiger charge is -2.20. The Morgan fingerprint density at radius 1 is 1.08 bits per heavy atom. The van der Waals surface area contributed by atoms with Crippen molar-refractivity contribution in [3.8, 4) is 11.5 Å². The predicted octanol–water partition coefficient (Wildman–Crippen LogP) is 3.70. The summed E-state index contributed by atoms with van der Waals surface area (Å²) in [7, 11) is 0. The molecule has 0 unspecified atom stereocenters. The molecule has 1 aliphatic heterocycles. The van der Waals surface area contributed by atoms with Crippen molar-refractivity contribution in [3.05, 3.63) is 53.7 Å². The van der Waals surface area contributed by atoms with Gasteiger partial charge in [-0.1, -0.05) is 6.07 Å². The van der Waals surface area contributed by atoms with Crippen molar-refractivity contribution in [3.63, 3.8) is 0 Å². The maximum atomic E-state index is 13.1. The van der Waals surface area contributed by atoms with Gasteiger partial charge in [0.1, 0.15) is 0 Å². The van der Waals surface area contributed by atoms with E-state index in [2.05, 4.69) is 15.2 Å². The highest BCUT2D eigenvalue weighted by atomic mass is 16.4. The number of amides is 1. The summed E-state index contributed by atoms with van der Waals surface area (Å²) in [6.45, 7) is 7.55. The Labute approximate surface area is 145 Å². The van der Waals surface area contributed by atoms with Gasteiger partial charge in [-0.15, -0.1) is 10.2 Å². The van der Waals surface area contributed by atoms with Crippen molar-refractivity contribution in [1.82, 2.24) is 15.2 Å². The van der Waals surface area contributed by atoms with Crippen LogP contribution in [0, 0.1) is 13.8 Å². The maximum Gasteiger partial charge on any atom is 0.247 e. The van der Waals surface area contributed by atoms with Crippen molar-refractivity contribution in [2.75, 3.05) is 4.90 Å². The van der Waals surface area contributed by atoms with Gasteiger partial charge < -0.3 is 4.42 Å². The third-order valence-electron chi connectivity index (χ3n) is 4.56. The third-order valence-corrected chi connectivity index (χ3v) is 4.56. The summed E-state index contributed by atoms with van der Waals surface area (Å²) in [5.41, 5.74) is 3.68. The first-order chi connectivity index (χ1) is 11.9. The molecule has 0 saturated heterocycles. The number of hydrogen-bond donors (Lipinski definition) is 0. The SMILES string of the molecule is Cc1cc(N2C(=O)C(C)(C)c3ccc(-c4nnc(C)o4)cc32)ccn1. The molecule has 25 heavy (non-hydrogen) atoms. The Morgan fingerprint density at radius 2 is 1.88 bits per heavy atom. The van der Waals surface area contributed by atoms with Crippen LogP contribution in [0.3, 0.4) is 0 Å². The fraction of sp³-hybridized carbons (Fsp3) is 0.263. The molecule has 6 nitrogen and oxygen atoms in total. The summed E-state index contributed by atoms with van der Waals surface area (Å²) in [6, 6.07) is 9.58. The molecule has 126 valence electrons. The molecule has 1 aliphatic rings. The highest BCUT2D eigenvalue weighted by molar-refractivity contribution is 6.12. The van der Waals surface area contributed by atoms with Crippen LogP contribution in [0.15, 0.2) is 40.9 Å². The Balaban J connectivity index is 1.90. The second-order valence-electron chi connectivity index (χ2n) is 6.78. The molecular formula is C19H18N4O2. The molecule has 0 atom stereocenters. The van der Waals surface area contributed by atoms with Crippen molar-refractivity contribution >= 4 is 17.3 Å². The van der Waals surface area contributed by atoms with E-state index in [1.54, 1.807) is 18.0 Å². The average molecular weight is 334 g/mol. The van der Waals surface area contributed by atoms with E-state index in [9.17, 15) is 4.79 Å². The molecule has 1 amide bonds. The number of fused-ring (bicyclic) bond motifs is 1. The van der Waals surface area contributed by atoms with Crippen molar-refractivity contribution in [2.24, 2.45) is 0 Å². The fourth-order valence-corrected chi connectivity index (χ4v) is 3.22. The third kappa shape index (κ3) is 2.33. The molecule has 6 heteroatoms. The minimum atomic E-state index is -0.601. The average Bonchev–Trinajstić information content (AvgIpc) is 3.08. The summed E-state index contributed by atoms with van der Waals surface area (Å²) < 4.78 is 5.53. The zero-order valence-corrected chi connectivity index (χ0v) is 14.6. The van der Waals surface area contributed by atoms with Gasteiger partial charge in [-0.2, -0.15) is 0 Å². The Bertz CT molecular complexity index is 991. The van der Waals surface area contributed by atoms with Crippen LogP contribution in [0.25, 0.3) is 11.5 Å². The van der Waals surface area contributed by atoms with Crippen LogP contribution in [0.4, 0.5) is 11.4 Å². The van der Waals surface area contributed by atoms with Crippen LogP contribution in [0.5, 0.6) is 0 Å². The number of benzene rings is 1. The topological polar surface area (TPSA) is 72.1 Å². The van der Waals surface area contributed by atoms with Crippen LogP contribution >= 0.6 is 0 Å². The van der Waals surface area contributed by atoms with Crippen LogP contribution in [-0.4, -0.2) is 21.1 Å². The molecule has 0 radical (unpaired) electrons. The maximum absolute atomic E-state index is 13.1. The van der Waals surface area contributed by atoms with Crippen LogP contribution in [-0.2, 0) is 10.2 Å². The molecule has 2 aromatic heterocycles. The van der Waals surface area contributed by atoms with E-state index in [4.69, 9.17) is 4.42 Å². The summed E-state index contributed by atoms with van der Waals surface area (Å²) >= 11 is 0. The van der Waals surface area contributed by atoms with Crippen LogP contribution < -0.4 is 4.90 Å². The standard InChI is InChI=1S/C19H18N4O2/c1-11-9-14(7-8-20-11)23-16-10-13(17-22-21-12(2)25-17)5-6-15(16)19(3,4)18(23)24/h5-10H,1-4H3. The van der Waals surface area contributed by atoms with E-state index >= 15 is 0 Å². The van der Waals surface area contributed by atoms with E-state index in [1.807, 2.05) is 51.1 Å². The van der Waals surface area contributed by atoms with Gasteiger partial charge in [0.05, 0.1) is 16.8 Å². The molecule has 3 aromatic rings. The monoisotopic (exact) mass is 334 g/mol. The molecule has 4 rings (SSSR count). The van der Waals surface area contributed by atoms with E-state index in [0.29, 0.717) is 11.8 Å². The van der Waals surface area contributed by atoms with E-state index in [0.717, 1.165) is 28.2 Å². The normalized spacial score (nSPS) is 15.5. The number of pyridine rings is 1. The first kappa shape index (κ1) is 15.5. The number of carbonyl (C=O) groups is 1.